The summed E-state index contributed by atoms with van der Waals surface area (Å²) in [5, 5.41) is 0. The molecule has 2 heterocycles. The van der Waals surface area contributed by atoms with Crippen LogP contribution >= 0.6 is 0 Å². The van der Waals surface area contributed by atoms with Crippen molar-refractivity contribution in [3.05, 3.63) is 0 Å². The Labute approximate surface area is 107 Å². The molecule has 3 rings (SSSR count). The molecule has 4 heteroatoms. The van der Waals surface area contributed by atoms with Gasteiger partial charge in [0.05, 0.1) is 35.2 Å². The van der Waals surface area contributed by atoms with Gasteiger partial charge in [0.25, 0.3) is 0 Å². The van der Waals surface area contributed by atoms with Crippen molar-refractivity contribution in [2.75, 3.05) is 0 Å². The lowest BCUT2D eigenvalue weighted by atomic mass is 9.59. The lowest BCUT2D eigenvalue weighted by Crippen LogP contribution is -2.71. The predicted octanol–water partition coefficient (Wildman–Crippen LogP) is 1.51. The van der Waals surface area contributed by atoms with E-state index in [4.69, 9.17) is 9.47 Å². The van der Waals surface area contributed by atoms with Crippen molar-refractivity contribution in [2.24, 2.45) is 11.8 Å². The maximum absolute atomic E-state index is 12.2. The molecule has 4 nitrogen and oxygen atoms in total. The van der Waals surface area contributed by atoms with E-state index in [9.17, 15) is 9.59 Å². The first-order chi connectivity index (χ1) is 8.20. The molecule has 2 aliphatic heterocycles. The van der Waals surface area contributed by atoms with Crippen LogP contribution in [0.2, 0.25) is 0 Å². The lowest BCUT2D eigenvalue weighted by Gasteiger charge is -2.59. The van der Waals surface area contributed by atoms with Gasteiger partial charge in [-0.1, -0.05) is 0 Å². The van der Waals surface area contributed by atoms with E-state index in [0.717, 1.165) is 0 Å². The standard InChI is InChI=1S/C14H20O4/c1-13(2)5-7(15)9-11(17-13)10-8(16)6-14(3,4)18-12(9)10/h9-12H,5-6H2,1-4H3. The number of hydrogen-bond donors (Lipinski definition) is 0. The average molecular weight is 252 g/mol. The third-order valence-electron chi connectivity index (χ3n) is 4.27. The van der Waals surface area contributed by atoms with Crippen molar-refractivity contribution in [1.29, 1.82) is 0 Å². The molecule has 0 spiro atoms. The Balaban J connectivity index is 1.87. The molecule has 0 aromatic rings. The number of ether oxygens (including phenoxy) is 2. The zero-order valence-corrected chi connectivity index (χ0v) is 11.4. The van der Waals surface area contributed by atoms with Gasteiger partial charge in [-0.15, -0.1) is 0 Å². The maximum atomic E-state index is 12.2. The summed E-state index contributed by atoms with van der Waals surface area (Å²) in [6.07, 6.45) is 0.315. The summed E-state index contributed by atoms with van der Waals surface area (Å²) >= 11 is 0. The molecule has 18 heavy (non-hydrogen) atoms. The van der Waals surface area contributed by atoms with Crippen molar-refractivity contribution >= 4 is 11.6 Å². The van der Waals surface area contributed by atoms with E-state index < -0.39 is 11.2 Å². The number of Topliss-reactive ketones (excluding diaryl/α,β-unsaturated/α-hetero) is 2. The summed E-state index contributed by atoms with van der Waals surface area (Å²) in [6, 6.07) is 0. The molecule has 0 bridgehead atoms. The van der Waals surface area contributed by atoms with Crippen LogP contribution < -0.4 is 0 Å². The summed E-state index contributed by atoms with van der Waals surface area (Å²) in [5.41, 5.74) is -0.896. The zero-order chi connectivity index (χ0) is 13.3. The van der Waals surface area contributed by atoms with E-state index in [2.05, 4.69) is 0 Å². The second-order valence-corrected chi connectivity index (χ2v) is 7.02. The van der Waals surface area contributed by atoms with Gasteiger partial charge >= 0.3 is 0 Å². The van der Waals surface area contributed by atoms with Crippen LogP contribution in [0.25, 0.3) is 0 Å². The van der Waals surface area contributed by atoms with Gasteiger partial charge in [0.2, 0.25) is 0 Å². The fraction of sp³-hybridized carbons (Fsp3) is 0.857. The Morgan fingerprint density at radius 1 is 0.833 bits per heavy atom. The highest BCUT2D eigenvalue weighted by atomic mass is 16.5. The SMILES string of the molecule is CC1(C)CC(=O)C2C(O1)C1C(=O)CC(C)(C)OC21. The van der Waals surface area contributed by atoms with Crippen LogP contribution in [-0.4, -0.2) is 35.0 Å². The van der Waals surface area contributed by atoms with Crippen molar-refractivity contribution < 1.29 is 19.1 Å². The summed E-state index contributed by atoms with van der Waals surface area (Å²) in [6.45, 7) is 7.64. The van der Waals surface area contributed by atoms with Crippen LogP contribution in [0.5, 0.6) is 0 Å². The van der Waals surface area contributed by atoms with E-state index in [1.165, 1.54) is 0 Å². The van der Waals surface area contributed by atoms with Crippen LogP contribution in [0.15, 0.2) is 0 Å². The van der Waals surface area contributed by atoms with Crippen molar-refractivity contribution in [1.82, 2.24) is 0 Å². The second kappa shape index (κ2) is 3.42. The highest BCUT2D eigenvalue weighted by molar-refractivity contribution is 5.92. The number of rotatable bonds is 0. The summed E-state index contributed by atoms with van der Waals surface area (Å²) in [5.74, 6) is -0.0934. The number of fused-ring (bicyclic) bond motifs is 4. The lowest BCUT2D eigenvalue weighted by molar-refractivity contribution is -0.275. The molecule has 2 saturated heterocycles. The third kappa shape index (κ3) is 1.66. The molecule has 1 aliphatic carbocycles. The van der Waals surface area contributed by atoms with E-state index in [1.54, 1.807) is 0 Å². The fourth-order valence-electron chi connectivity index (χ4n) is 3.60. The molecule has 100 valence electrons. The maximum Gasteiger partial charge on any atom is 0.144 e. The molecule has 3 fully saturated rings. The van der Waals surface area contributed by atoms with Crippen LogP contribution in [-0.2, 0) is 19.1 Å². The van der Waals surface area contributed by atoms with Gasteiger partial charge < -0.3 is 9.47 Å². The zero-order valence-electron chi connectivity index (χ0n) is 11.4. The van der Waals surface area contributed by atoms with E-state index in [0.29, 0.717) is 12.8 Å². The minimum atomic E-state index is -0.448. The largest absolute Gasteiger partial charge is 0.370 e. The molecule has 0 N–H and O–H groups in total. The first kappa shape index (κ1) is 12.3. The molecule has 0 radical (unpaired) electrons. The van der Waals surface area contributed by atoms with Crippen molar-refractivity contribution in [3.63, 3.8) is 0 Å². The topological polar surface area (TPSA) is 52.6 Å². The van der Waals surface area contributed by atoms with Gasteiger partial charge in [0.15, 0.2) is 0 Å². The van der Waals surface area contributed by atoms with Crippen molar-refractivity contribution in [2.45, 2.75) is 63.9 Å². The molecule has 0 aromatic carbocycles. The Kier molecular flexibility index (Phi) is 2.34. The molecule has 0 unspecified atom stereocenters. The third-order valence-corrected chi connectivity index (χ3v) is 4.27. The van der Waals surface area contributed by atoms with Gasteiger partial charge in [-0.25, -0.2) is 0 Å². The van der Waals surface area contributed by atoms with E-state index in [1.807, 2.05) is 27.7 Å². The van der Waals surface area contributed by atoms with E-state index in [-0.39, 0.29) is 35.6 Å². The summed E-state index contributed by atoms with van der Waals surface area (Å²) in [4.78, 5) is 24.3. The first-order valence-electron chi connectivity index (χ1n) is 6.61. The molecular formula is C14H20O4. The van der Waals surface area contributed by atoms with Crippen molar-refractivity contribution in [3.8, 4) is 0 Å². The molecule has 3 aliphatic rings. The quantitative estimate of drug-likeness (QED) is 0.655. The number of hydrogen-bond acceptors (Lipinski definition) is 4. The Bertz CT molecular complexity index is 376. The van der Waals surface area contributed by atoms with Crippen LogP contribution in [0, 0.1) is 11.8 Å². The number of carbonyl (C=O) groups is 2. The van der Waals surface area contributed by atoms with E-state index >= 15 is 0 Å². The highest BCUT2D eigenvalue weighted by Crippen LogP contribution is 2.51. The van der Waals surface area contributed by atoms with Crippen LogP contribution in [0.4, 0.5) is 0 Å². The van der Waals surface area contributed by atoms with Crippen LogP contribution in [0.3, 0.4) is 0 Å². The van der Waals surface area contributed by atoms with Gasteiger partial charge in [0, 0.05) is 12.8 Å². The van der Waals surface area contributed by atoms with Gasteiger partial charge in [0.1, 0.15) is 11.6 Å². The van der Waals surface area contributed by atoms with Gasteiger partial charge in [-0.05, 0) is 27.7 Å². The number of carbonyl (C=O) groups excluding carboxylic acids is 2. The minimum absolute atomic E-state index is 0.183. The summed E-state index contributed by atoms with van der Waals surface area (Å²) < 4.78 is 11.9. The second-order valence-electron chi connectivity index (χ2n) is 7.02. The molecule has 1 saturated carbocycles. The van der Waals surface area contributed by atoms with Crippen LogP contribution in [0.1, 0.15) is 40.5 Å². The molecule has 0 amide bonds. The van der Waals surface area contributed by atoms with Gasteiger partial charge in [-0.3, -0.25) is 9.59 Å². The Hall–Kier alpha value is -0.740. The first-order valence-corrected chi connectivity index (χ1v) is 6.61. The monoisotopic (exact) mass is 252 g/mol. The molecule has 0 aromatic heterocycles. The minimum Gasteiger partial charge on any atom is -0.370 e. The van der Waals surface area contributed by atoms with Gasteiger partial charge in [-0.2, -0.15) is 0 Å². The highest BCUT2D eigenvalue weighted by Gasteiger charge is 2.65. The Morgan fingerprint density at radius 2 is 1.17 bits per heavy atom. The molecule has 0 atom stereocenters. The average Bonchev–Trinajstić information content (AvgIpc) is 2.09. The predicted molar refractivity (Wildman–Crippen MR) is 64.1 cm³/mol. The molecular weight excluding hydrogens is 232 g/mol. The Morgan fingerprint density at radius 3 is 1.50 bits per heavy atom. The smallest absolute Gasteiger partial charge is 0.144 e. The number of ketones is 2. The normalized spacial score (nSPS) is 44.9. The fourth-order valence-corrected chi connectivity index (χ4v) is 3.60. The summed E-state index contributed by atoms with van der Waals surface area (Å²) in [7, 11) is 0.